The van der Waals surface area contributed by atoms with Crippen LogP contribution in [-0.2, 0) is 14.7 Å². The molecule has 1 spiro atoms. The fourth-order valence-electron chi connectivity index (χ4n) is 6.99. The fraction of sp³-hybridized carbons (Fsp3) is 0.184. The molecular formula is C38H30BNO3. The van der Waals surface area contributed by atoms with Gasteiger partial charge in [0, 0.05) is 11.1 Å². The highest BCUT2D eigenvalue weighted by atomic mass is 16.7. The summed E-state index contributed by atoms with van der Waals surface area (Å²) < 4.78 is 19.6. The first-order valence-electron chi connectivity index (χ1n) is 14.8. The van der Waals surface area contributed by atoms with Gasteiger partial charge in [0.25, 0.3) is 0 Å². The predicted octanol–water partition coefficient (Wildman–Crippen LogP) is 7.99. The number of para-hydroxylation sites is 2. The molecular weight excluding hydrogens is 529 g/mol. The molecule has 2 heterocycles. The van der Waals surface area contributed by atoms with Gasteiger partial charge in [0.15, 0.2) is 0 Å². The summed E-state index contributed by atoms with van der Waals surface area (Å²) in [5.74, 6) is 1.69. The molecule has 0 N–H and O–H groups in total. The maximum absolute atomic E-state index is 9.60. The van der Waals surface area contributed by atoms with E-state index >= 15 is 0 Å². The van der Waals surface area contributed by atoms with Crippen molar-refractivity contribution in [3.8, 4) is 39.8 Å². The standard InChI is InChI=1S/C38H30BNO3/c1-36(2)37(3,4)43-39(42-36)27-17-19-29-28-18-16-26(25-11-9-10-24(20-25)23-40)21-32(28)38(33(29)22-27)30-12-5-7-14-34(30)41-35-15-8-6-13-31(35)38/h5-22H,1-4H3. The minimum absolute atomic E-state index is 0.442. The van der Waals surface area contributed by atoms with Crippen LogP contribution in [0.2, 0.25) is 0 Å². The van der Waals surface area contributed by atoms with E-state index in [0.717, 1.165) is 39.2 Å². The Kier molecular flexibility index (Phi) is 5.41. The third-order valence-corrected chi connectivity index (χ3v) is 9.81. The second-order valence-corrected chi connectivity index (χ2v) is 12.7. The van der Waals surface area contributed by atoms with Crippen molar-refractivity contribution in [2.24, 2.45) is 0 Å². The van der Waals surface area contributed by atoms with Crippen LogP contribution in [0.1, 0.15) is 55.5 Å². The summed E-state index contributed by atoms with van der Waals surface area (Å²) in [5, 5.41) is 9.60. The Hall–Kier alpha value is -4.63. The average molecular weight is 559 g/mol. The summed E-state index contributed by atoms with van der Waals surface area (Å²) in [7, 11) is -0.481. The van der Waals surface area contributed by atoms with Gasteiger partial charge in [-0.2, -0.15) is 5.26 Å². The summed E-state index contributed by atoms with van der Waals surface area (Å²) in [6.07, 6.45) is 0. The van der Waals surface area contributed by atoms with E-state index in [4.69, 9.17) is 14.0 Å². The Morgan fingerprint density at radius 3 is 1.81 bits per heavy atom. The van der Waals surface area contributed by atoms with Gasteiger partial charge in [0.1, 0.15) is 11.5 Å². The van der Waals surface area contributed by atoms with Gasteiger partial charge in [-0.15, -0.1) is 0 Å². The van der Waals surface area contributed by atoms with Crippen molar-refractivity contribution >= 4 is 12.6 Å². The third-order valence-electron chi connectivity index (χ3n) is 9.81. The molecule has 43 heavy (non-hydrogen) atoms. The molecule has 5 heteroatoms. The van der Waals surface area contributed by atoms with Crippen molar-refractivity contribution in [1.29, 1.82) is 5.26 Å². The molecule has 0 atom stereocenters. The number of rotatable bonds is 2. The molecule has 1 fully saturated rings. The number of benzene rings is 5. The minimum Gasteiger partial charge on any atom is -0.457 e. The van der Waals surface area contributed by atoms with Gasteiger partial charge in [-0.05, 0) is 96.9 Å². The Labute approximate surface area is 252 Å². The first-order valence-corrected chi connectivity index (χ1v) is 14.8. The van der Waals surface area contributed by atoms with E-state index in [2.05, 4.69) is 113 Å². The van der Waals surface area contributed by atoms with Gasteiger partial charge in [0.2, 0.25) is 0 Å². The molecule has 0 unspecified atom stereocenters. The summed E-state index contributed by atoms with van der Waals surface area (Å²) in [4.78, 5) is 0. The van der Waals surface area contributed by atoms with E-state index < -0.39 is 23.7 Å². The van der Waals surface area contributed by atoms with Crippen LogP contribution in [0.15, 0.2) is 109 Å². The molecule has 0 radical (unpaired) electrons. The van der Waals surface area contributed by atoms with Gasteiger partial charge in [-0.1, -0.05) is 78.9 Å². The molecule has 0 saturated carbocycles. The number of nitrogens with zero attached hydrogens (tertiary/aromatic N) is 1. The molecule has 8 rings (SSSR count). The van der Waals surface area contributed by atoms with Crippen LogP contribution < -0.4 is 10.2 Å². The van der Waals surface area contributed by atoms with Gasteiger partial charge >= 0.3 is 7.12 Å². The molecule has 5 aromatic rings. The van der Waals surface area contributed by atoms with Crippen molar-refractivity contribution in [2.75, 3.05) is 0 Å². The largest absolute Gasteiger partial charge is 0.494 e. The summed E-state index contributed by atoms with van der Waals surface area (Å²) in [5.41, 5.74) is 9.14. The lowest BCUT2D eigenvalue weighted by Crippen LogP contribution is -2.41. The highest BCUT2D eigenvalue weighted by molar-refractivity contribution is 6.62. The topological polar surface area (TPSA) is 51.5 Å². The lowest BCUT2D eigenvalue weighted by molar-refractivity contribution is 0.00578. The maximum Gasteiger partial charge on any atom is 0.494 e. The highest BCUT2D eigenvalue weighted by Gasteiger charge is 2.54. The first-order chi connectivity index (χ1) is 20.7. The van der Waals surface area contributed by atoms with E-state index in [1.54, 1.807) is 0 Å². The number of fused-ring (bicyclic) bond motifs is 9. The average Bonchev–Trinajstić information content (AvgIpc) is 3.43. The maximum atomic E-state index is 9.60. The van der Waals surface area contributed by atoms with Crippen LogP contribution in [0.4, 0.5) is 0 Å². The molecule has 5 aromatic carbocycles. The van der Waals surface area contributed by atoms with Gasteiger partial charge < -0.3 is 14.0 Å². The van der Waals surface area contributed by atoms with E-state index in [0.29, 0.717) is 5.56 Å². The lowest BCUT2D eigenvalue weighted by atomic mass is 9.64. The second kappa shape index (κ2) is 8.94. The van der Waals surface area contributed by atoms with Crippen LogP contribution in [0, 0.1) is 11.3 Å². The van der Waals surface area contributed by atoms with Crippen molar-refractivity contribution in [3.63, 3.8) is 0 Å². The number of nitriles is 1. The van der Waals surface area contributed by atoms with Crippen LogP contribution in [-0.4, -0.2) is 18.3 Å². The fourth-order valence-corrected chi connectivity index (χ4v) is 6.99. The Morgan fingerprint density at radius 1 is 0.581 bits per heavy atom. The van der Waals surface area contributed by atoms with Gasteiger partial charge in [-0.25, -0.2) is 0 Å². The van der Waals surface area contributed by atoms with E-state index in [-0.39, 0.29) is 0 Å². The molecule has 208 valence electrons. The van der Waals surface area contributed by atoms with Crippen molar-refractivity contribution in [1.82, 2.24) is 0 Å². The molecule has 0 bridgehead atoms. The number of hydrogen-bond acceptors (Lipinski definition) is 4. The van der Waals surface area contributed by atoms with Crippen molar-refractivity contribution in [2.45, 2.75) is 44.3 Å². The zero-order valence-electron chi connectivity index (χ0n) is 24.6. The monoisotopic (exact) mass is 559 g/mol. The second-order valence-electron chi connectivity index (χ2n) is 12.7. The normalized spacial score (nSPS) is 17.8. The quantitative estimate of drug-likeness (QED) is 0.202. The van der Waals surface area contributed by atoms with E-state index in [9.17, 15) is 5.26 Å². The van der Waals surface area contributed by atoms with Gasteiger partial charge in [0.05, 0.1) is 28.2 Å². The van der Waals surface area contributed by atoms with Crippen LogP contribution in [0.3, 0.4) is 0 Å². The van der Waals surface area contributed by atoms with E-state index in [1.165, 1.54) is 22.3 Å². The molecule has 3 aliphatic rings. The Bertz CT molecular complexity index is 1940. The highest BCUT2D eigenvalue weighted by Crippen LogP contribution is 2.62. The zero-order chi connectivity index (χ0) is 29.6. The molecule has 4 nitrogen and oxygen atoms in total. The Morgan fingerprint density at radius 2 is 1.16 bits per heavy atom. The number of hydrogen-bond donors (Lipinski definition) is 0. The first kappa shape index (κ1) is 26.0. The van der Waals surface area contributed by atoms with Crippen molar-refractivity contribution in [3.05, 3.63) is 137 Å². The smallest absolute Gasteiger partial charge is 0.457 e. The number of ether oxygens (including phenoxy) is 1. The van der Waals surface area contributed by atoms with Crippen molar-refractivity contribution < 1.29 is 14.0 Å². The molecule has 1 aliphatic carbocycles. The van der Waals surface area contributed by atoms with E-state index in [1.807, 2.05) is 30.3 Å². The SMILES string of the molecule is CC1(C)OB(c2ccc3c(c2)C2(c4ccccc4Oc4ccccc42)c2cc(-c4cccc(C#N)c4)ccc2-3)OC1(C)C. The third kappa shape index (κ3) is 3.58. The Balaban J connectivity index is 1.43. The molecule has 1 saturated heterocycles. The predicted molar refractivity (Wildman–Crippen MR) is 170 cm³/mol. The molecule has 0 amide bonds. The zero-order valence-corrected chi connectivity index (χ0v) is 24.6. The molecule has 0 aromatic heterocycles. The summed E-state index contributed by atoms with van der Waals surface area (Å²) in [6.45, 7) is 8.36. The minimum atomic E-state index is -0.626. The molecule has 2 aliphatic heterocycles. The van der Waals surface area contributed by atoms with Crippen LogP contribution in [0.25, 0.3) is 22.3 Å². The summed E-state index contributed by atoms with van der Waals surface area (Å²) in [6, 6.07) is 40.2. The van der Waals surface area contributed by atoms with Crippen LogP contribution >= 0.6 is 0 Å². The summed E-state index contributed by atoms with van der Waals surface area (Å²) >= 11 is 0. The lowest BCUT2D eigenvalue weighted by Gasteiger charge is -2.39. The van der Waals surface area contributed by atoms with Crippen LogP contribution in [0.5, 0.6) is 11.5 Å². The van der Waals surface area contributed by atoms with Gasteiger partial charge in [-0.3, -0.25) is 0 Å².